The molecule has 0 unspecified atom stereocenters. The Balaban J connectivity index is 2.33. The fourth-order valence-corrected chi connectivity index (χ4v) is 2.41. The second-order valence-corrected chi connectivity index (χ2v) is 6.19. The maximum Gasteiger partial charge on any atom is 0.501 e. The molecule has 9 heteroatoms. The lowest BCUT2D eigenvalue weighted by Crippen LogP contribution is -2.23. The number of halogens is 4. The maximum atomic E-state index is 13.4. The Bertz CT molecular complexity index is 868. The van der Waals surface area contributed by atoms with Gasteiger partial charge in [0.1, 0.15) is 28.9 Å². The van der Waals surface area contributed by atoms with E-state index in [-0.39, 0.29) is 17.1 Å². The fraction of sp³-hybridized carbons (Fsp3) is 0.0714. The van der Waals surface area contributed by atoms with Crippen LogP contribution in [0.4, 0.5) is 17.6 Å². The van der Waals surface area contributed by atoms with Crippen LogP contribution in [0.1, 0.15) is 5.56 Å². The van der Waals surface area contributed by atoms with Gasteiger partial charge in [-0.25, -0.2) is 12.8 Å². The van der Waals surface area contributed by atoms with Crippen molar-refractivity contribution < 1.29 is 30.7 Å². The lowest BCUT2D eigenvalue weighted by Gasteiger charge is -2.10. The van der Waals surface area contributed by atoms with Gasteiger partial charge in [0.25, 0.3) is 9.84 Å². The van der Waals surface area contributed by atoms with E-state index in [0.29, 0.717) is 12.1 Å². The van der Waals surface area contributed by atoms with E-state index in [4.69, 9.17) is 10.00 Å². The molecule has 2 aromatic carbocycles. The summed E-state index contributed by atoms with van der Waals surface area (Å²) in [6.07, 6.45) is 0. The molecule has 0 N–H and O–H groups in total. The van der Waals surface area contributed by atoms with Gasteiger partial charge in [0.15, 0.2) is 0 Å². The lowest BCUT2D eigenvalue weighted by molar-refractivity contribution is -0.0436. The largest absolute Gasteiger partial charge is 0.501 e. The summed E-state index contributed by atoms with van der Waals surface area (Å²) in [6.45, 7) is 0. The minimum atomic E-state index is -5.45. The van der Waals surface area contributed by atoms with Crippen molar-refractivity contribution in [2.75, 3.05) is 0 Å². The van der Waals surface area contributed by atoms with Crippen molar-refractivity contribution in [1.29, 1.82) is 5.26 Å². The van der Waals surface area contributed by atoms with E-state index < -0.39 is 26.1 Å². The Kier molecular flexibility index (Phi) is 4.29. The Morgan fingerprint density at radius 1 is 1.04 bits per heavy atom. The highest BCUT2D eigenvalue weighted by Crippen LogP contribution is 2.32. The number of hydrogen-bond donors (Lipinski definition) is 0. The Hall–Kier alpha value is -2.60. The Labute approximate surface area is 128 Å². The van der Waals surface area contributed by atoms with Crippen LogP contribution in [0.15, 0.2) is 47.4 Å². The standard InChI is InChI=1S/C14H7F4NO3S/c15-12-2-1-3-13(11(12)8-19)22-9-4-6-10(7-5-9)23(20,21)14(16,17)18/h1-7H. The van der Waals surface area contributed by atoms with Crippen LogP contribution in [0.3, 0.4) is 0 Å². The molecule has 0 heterocycles. The predicted octanol–water partition coefficient (Wildman–Crippen LogP) is 3.78. The van der Waals surface area contributed by atoms with Crippen molar-refractivity contribution in [1.82, 2.24) is 0 Å². The average molecular weight is 345 g/mol. The summed E-state index contributed by atoms with van der Waals surface area (Å²) in [6, 6.07) is 8.60. The first kappa shape index (κ1) is 16.8. The van der Waals surface area contributed by atoms with Gasteiger partial charge < -0.3 is 4.74 Å². The molecule has 0 saturated carbocycles. The van der Waals surface area contributed by atoms with Crippen LogP contribution >= 0.6 is 0 Å². The van der Waals surface area contributed by atoms with E-state index in [9.17, 15) is 26.0 Å². The Morgan fingerprint density at radius 2 is 1.65 bits per heavy atom. The molecule has 2 aromatic rings. The monoisotopic (exact) mass is 345 g/mol. The molecule has 0 aliphatic heterocycles. The van der Waals surface area contributed by atoms with E-state index in [0.717, 1.165) is 18.2 Å². The molecule has 0 aliphatic rings. The summed E-state index contributed by atoms with van der Waals surface area (Å²) in [4.78, 5) is -0.947. The molecule has 4 nitrogen and oxygen atoms in total. The zero-order chi connectivity index (χ0) is 17.3. The van der Waals surface area contributed by atoms with E-state index in [2.05, 4.69) is 0 Å². The highest BCUT2D eigenvalue weighted by molar-refractivity contribution is 7.92. The van der Waals surface area contributed by atoms with Gasteiger partial charge in [-0.15, -0.1) is 0 Å². The third-order valence-corrected chi connectivity index (χ3v) is 4.26. The van der Waals surface area contributed by atoms with Gasteiger partial charge in [0.05, 0.1) is 4.90 Å². The zero-order valence-electron chi connectivity index (χ0n) is 11.1. The predicted molar refractivity (Wildman–Crippen MR) is 70.9 cm³/mol. The first-order chi connectivity index (χ1) is 10.7. The van der Waals surface area contributed by atoms with Crippen molar-refractivity contribution in [3.05, 3.63) is 53.8 Å². The lowest BCUT2D eigenvalue weighted by atomic mass is 10.2. The van der Waals surface area contributed by atoms with Crippen molar-refractivity contribution in [3.8, 4) is 17.6 Å². The molecule has 0 saturated heterocycles. The molecule has 0 atom stereocenters. The van der Waals surface area contributed by atoms with Crippen LogP contribution in [0.25, 0.3) is 0 Å². The number of alkyl halides is 3. The molecule has 0 bridgehead atoms. The van der Waals surface area contributed by atoms with Crippen LogP contribution in [-0.4, -0.2) is 13.9 Å². The molecule has 0 radical (unpaired) electrons. The van der Waals surface area contributed by atoms with Crippen molar-refractivity contribution in [3.63, 3.8) is 0 Å². The smallest absolute Gasteiger partial charge is 0.456 e. The minimum Gasteiger partial charge on any atom is -0.456 e. The van der Waals surface area contributed by atoms with Crippen LogP contribution in [0, 0.1) is 17.1 Å². The third-order valence-electron chi connectivity index (χ3n) is 2.75. The van der Waals surface area contributed by atoms with Crippen LogP contribution in [-0.2, 0) is 9.84 Å². The average Bonchev–Trinajstić information content (AvgIpc) is 2.47. The number of nitriles is 1. The molecule has 0 aliphatic carbocycles. The molecular formula is C14H7F4NO3S. The first-order valence-electron chi connectivity index (χ1n) is 5.94. The highest BCUT2D eigenvalue weighted by Gasteiger charge is 2.46. The van der Waals surface area contributed by atoms with Gasteiger partial charge in [0, 0.05) is 0 Å². The highest BCUT2D eigenvalue weighted by atomic mass is 32.2. The minimum absolute atomic E-state index is 0.0479. The molecular weight excluding hydrogens is 338 g/mol. The summed E-state index contributed by atoms with van der Waals surface area (Å²) < 4.78 is 78.3. The molecule has 0 spiro atoms. The summed E-state index contributed by atoms with van der Waals surface area (Å²) in [5.41, 5.74) is -5.79. The van der Waals surface area contributed by atoms with Gasteiger partial charge >= 0.3 is 5.51 Å². The SMILES string of the molecule is N#Cc1c(F)cccc1Oc1ccc(S(=O)(=O)C(F)(F)F)cc1. The summed E-state index contributed by atoms with van der Waals surface area (Å²) in [5, 5.41) is 8.84. The molecule has 0 aromatic heterocycles. The van der Waals surface area contributed by atoms with Crippen LogP contribution in [0.5, 0.6) is 11.5 Å². The van der Waals surface area contributed by atoms with E-state index in [1.165, 1.54) is 12.1 Å². The third kappa shape index (κ3) is 3.27. The van der Waals surface area contributed by atoms with Crippen LogP contribution in [0.2, 0.25) is 0 Å². The fourth-order valence-electron chi connectivity index (χ4n) is 1.65. The summed E-state index contributed by atoms with van der Waals surface area (Å²) in [5.74, 6) is -1.01. The number of hydrogen-bond acceptors (Lipinski definition) is 4. The van der Waals surface area contributed by atoms with Gasteiger partial charge in [-0.05, 0) is 36.4 Å². The van der Waals surface area contributed by atoms with Crippen molar-refractivity contribution >= 4 is 9.84 Å². The van der Waals surface area contributed by atoms with Crippen molar-refractivity contribution in [2.45, 2.75) is 10.4 Å². The van der Waals surface area contributed by atoms with Gasteiger partial charge in [-0.2, -0.15) is 18.4 Å². The van der Waals surface area contributed by atoms with E-state index in [1.807, 2.05) is 0 Å². The first-order valence-corrected chi connectivity index (χ1v) is 7.43. The number of sulfone groups is 1. The quantitative estimate of drug-likeness (QED) is 0.794. The number of benzene rings is 2. The molecule has 0 fully saturated rings. The van der Waals surface area contributed by atoms with E-state index in [1.54, 1.807) is 6.07 Å². The van der Waals surface area contributed by atoms with Crippen molar-refractivity contribution in [2.24, 2.45) is 0 Å². The number of nitrogens with zero attached hydrogens (tertiary/aromatic N) is 1. The Morgan fingerprint density at radius 3 is 2.17 bits per heavy atom. The molecule has 2 rings (SSSR count). The summed E-state index contributed by atoms with van der Waals surface area (Å²) in [7, 11) is -5.45. The molecule has 0 amide bonds. The zero-order valence-corrected chi connectivity index (χ0v) is 12.0. The summed E-state index contributed by atoms with van der Waals surface area (Å²) >= 11 is 0. The second-order valence-electron chi connectivity index (χ2n) is 4.25. The topological polar surface area (TPSA) is 67.2 Å². The normalized spacial score (nSPS) is 11.8. The van der Waals surface area contributed by atoms with Gasteiger partial charge in [-0.3, -0.25) is 0 Å². The van der Waals surface area contributed by atoms with Gasteiger partial charge in [-0.1, -0.05) is 6.07 Å². The maximum absolute atomic E-state index is 13.4. The molecule has 23 heavy (non-hydrogen) atoms. The second kappa shape index (κ2) is 5.89. The van der Waals surface area contributed by atoms with E-state index >= 15 is 0 Å². The molecule has 120 valence electrons. The van der Waals surface area contributed by atoms with Gasteiger partial charge in [0.2, 0.25) is 0 Å². The number of ether oxygens (including phenoxy) is 1. The number of rotatable bonds is 3. The van der Waals surface area contributed by atoms with Crippen LogP contribution < -0.4 is 4.74 Å².